The first-order valence-electron chi connectivity index (χ1n) is 9.83. The number of esters is 1. The maximum absolute atomic E-state index is 13.1. The van der Waals surface area contributed by atoms with Gasteiger partial charge in [-0.3, -0.25) is 9.36 Å². The van der Waals surface area contributed by atoms with Gasteiger partial charge < -0.3 is 18.5 Å². The van der Waals surface area contributed by atoms with Gasteiger partial charge in [-0.2, -0.15) is 0 Å². The Kier molecular flexibility index (Phi) is 9.39. The molecule has 0 radical (unpaired) electrons. The van der Waals surface area contributed by atoms with Crippen LogP contribution in [-0.2, 0) is 29.6 Å². The molecule has 2 rings (SSSR count). The molecule has 0 N–H and O–H groups in total. The largest absolute Gasteiger partial charge is 0.492 e. The number of benzene rings is 2. The summed E-state index contributed by atoms with van der Waals surface area (Å²) in [7, 11) is -3.71. The van der Waals surface area contributed by atoms with E-state index in [1.807, 2.05) is 42.5 Å². The number of carbonyl (C=O) groups is 1. The molecule has 0 saturated carbocycles. The molecule has 0 amide bonds. The lowest BCUT2D eigenvalue weighted by atomic mass is 10.1. The monoisotopic (exact) mass is 420 g/mol. The second kappa shape index (κ2) is 11.8. The van der Waals surface area contributed by atoms with E-state index in [4.69, 9.17) is 18.5 Å². The third-order valence-corrected chi connectivity index (χ3v) is 6.50. The van der Waals surface area contributed by atoms with Gasteiger partial charge in [-0.25, -0.2) is 0 Å². The second-order valence-electron chi connectivity index (χ2n) is 6.26. The molecule has 0 bridgehead atoms. The lowest BCUT2D eigenvalue weighted by Gasteiger charge is -2.24. The average Bonchev–Trinajstić information content (AvgIpc) is 2.71. The van der Waals surface area contributed by atoms with Crippen LogP contribution in [0.25, 0.3) is 0 Å². The number of hydrogen-bond donors (Lipinski definition) is 0. The smallest absolute Gasteiger partial charge is 0.348 e. The Balaban J connectivity index is 2.07. The molecular formula is C22H29O6P. The molecule has 6 nitrogen and oxygen atoms in total. The van der Waals surface area contributed by atoms with Crippen molar-refractivity contribution in [3.63, 3.8) is 0 Å². The van der Waals surface area contributed by atoms with Gasteiger partial charge in [-0.1, -0.05) is 42.5 Å². The molecule has 1 unspecified atom stereocenters. The highest BCUT2D eigenvalue weighted by atomic mass is 31.2. The van der Waals surface area contributed by atoms with Crippen LogP contribution in [0.15, 0.2) is 54.6 Å². The summed E-state index contributed by atoms with van der Waals surface area (Å²) in [6.07, 6.45) is 0.816. The normalized spacial score (nSPS) is 12.4. The molecule has 0 spiro atoms. The Morgan fingerprint density at radius 3 is 2.00 bits per heavy atom. The first kappa shape index (κ1) is 23.1. The van der Waals surface area contributed by atoms with Crippen LogP contribution in [0.3, 0.4) is 0 Å². The highest BCUT2D eigenvalue weighted by Crippen LogP contribution is 2.53. The van der Waals surface area contributed by atoms with Crippen LogP contribution in [-0.4, -0.2) is 38.1 Å². The van der Waals surface area contributed by atoms with Gasteiger partial charge in [0, 0.05) is 0 Å². The first-order valence-corrected chi connectivity index (χ1v) is 11.4. The van der Waals surface area contributed by atoms with E-state index in [0.29, 0.717) is 5.75 Å². The summed E-state index contributed by atoms with van der Waals surface area (Å²) in [6, 6.07) is 17.7. The third kappa shape index (κ3) is 7.00. The Morgan fingerprint density at radius 2 is 1.45 bits per heavy atom. The SMILES string of the molecule is CCOC(=O)C(COc1ccc(Cc2ccccc2)cc1)P(=O)(OCC)OCC. The van der Waals surface area contributed by atoms with Crippen molar-refractivity contribution in [3.8, 4) is 5.75 Å². The first-order chi connectivity index (χ1) is 14.0. The molecule has 29 heavy (non-hydrogen) atoms. The zero-order valence-corrected chi connectivity index (χ0v) is 18.1. The van der Waals surface area contributed by atoms with Crippen molar-refractivity contribution in [2.24, 2.45) is 0 Å². The Morgan fingerprint density at radius 1 is 0.862 bits per heavy atom. The second-order valence-corrected chi connectivity index (χ2v) is 8.48. The highest BCUT2D eigenvalue weighted by molar-refractivity contribution is 7.55. The number of carbonyl (C=O) groups excluding carboxylic acids is 1. The lowest BCUT2D eigenvalue weighted by Crippen LogP contribution is -2.31. The molecule has 0 aliphatic rings. The Labute approximate surface area is 172 Å². The van der Waals surface area contributed by atoms with E-state index in [9.17, 15) is 9.36 Å². The van der Waals surface area contributed by atoms with Gasteiger partial charge in [0.1, 0.15) is 12.4 Å². The van der Waals surface area contributed by atoms with E-state index in [1.54, 1.807) is 20.8 Å². The van der Waals surface area contributed by atoms with Gasteiger partial charge in [0.15, 0.2) is 5.66 Å². The summed E-state index contributed by atoms with van der Waals surface area (Å²) in [5, 5.41) is 0. The minimum absolute atomic E-state index is 0.154. The summed E-state index contributed by atoms with van der Waals surface area (Å²) in [5.41, 5.74) is 1.21. The summed E-state index contributed by atoms with van der Waals surface area (Å²) in [5.74, 6) is -0.0888. The molecule has 0 fully saturated rings. The van der Waals surface area contributed by atoms with Crippen molar-refractivity contribution in [2.75, 3.05) is 26.4 Å². The van der Waals surface area contributed by atoms with E-state index >= 15 is 0 Å². The van der Waals surface area contributed by atoms with Gasteiger partial charge in [0.2, 0.25) is 0 Å². The van der Waals surface area contributed by atoms with E-state index < -0.39 is 19.2 Å². The van der Waals surface area contributed by atoms with Crippen molar-refractivity contribution >= 4 is 13.6 Å². The van der Waals surface area contributed by atoms with Crippen molar-refractivity contribution < 1.29 is 27.9 Å². The zero-order chi connectivity index (χ0) is 21.1. The summed E-state index contributed by atoms with van der Waals surface area (Å²) < 4.78 is 34.5. The predicted octanol–water partition coefficient (Wildman–Crippen LogP) is 4.85. The number of hydrogen-bond acceptors (Lipinski definition) is 6. The minimum atomic E-state index is -3.71. The molecule has 158 valence electrons. The van der Waals surface area contributed by atoms with Crippen LogP contribution in [0.2, 0.25) is 0 Å². The van der Waals surface area contributed by atoms with Crippen LogP contribution in [0.5, 0.6) is 5.75 Å². The molecule has 0 aliphatic carbocycles. The molecule has 0 heterocycles. The Hall–Kier alpha value is -2.14. The van der Waals surface area contributed by atoms with Crippen molar-refractivity contribution in [1.82, 2.24) is 0 Å². The van der Waals surface area contributed by atoms with Crippen LogP contribution < -0.4 is 4.74 Å². The van der Waals surface area contributed by atoms with Gasteiger partial charge >= 0.3 is 13.6 Å². The third-order valence-electron chi connectivity index (χ3n) is 4.14. The molecule has 2 aromatic carbocycles. The van der Waals surface area contributed by atoms with Gasteiger partial charge in [0.05, 0.1) is 19.8 Å². The molecular weight excluding hydrogens is 391 g/mol. The molecule has 0 aromatic heterocycles. The summed E-state index contributed by atoms with van der Waals surface area (Å²) >= 11 is 0. The molecule has 0 saturated heterocycles. The fourth-order valence-electron chi connectivity index (χ4n) is 2.81. The minimum Gasteiger partial charge on any atom is -0.492 e. The molecule has 2 aromatic rings. The summed E-state index contributed by atoms with van der Waals surface area (Å²) in [4.78, 5) is 12.4. The van der Waals surface area contributed by atoms with Crippen molar-refractivity contribution in [2.45, 2.75) is 32.9 Å². The van der Waals surface area contributed by atoms with Crippen molar-refractivity contribution in [3.05, 3.63) is 65.7 Å². The van der Waals surface area contributed by atoms with Crippen molar-refractivity contribution in [1.29, 1.82) is 0 Å². The van der Waals surface area contributed by atoms with E-state index in [-0.39, 0.29) is 26.4 Å². The quantitative estimate of drug-likeness (QED) is 0.361. The molecule has 0 aliphatic heterocycles. The molecule has 7 heteroatoms. The van der Waals surface area contributed by atoms with Gasteiger partial charge in [-0.15, -0.1) is 0 Å². The van der Waals surface area contributed by atoms with Gasteiger partial charge in [-0.05, 0) is 50.5 Å². The number of ether oxygens (including phenoxy) is 2. The van der Waals surface area contributed by atoms with Gasteiger partial charge in [0.25, 0.3) is 0 Å². The van der Waals surface area contributed by atoms with E-state index in [2.05, 4.69) is 12.1 Å². The maximum atomic E-state index is 13.1. The maximum Gasteiger partial charge on any atom is 0.348 e. The van der Waals surface area contributed by atoms with Crippen LogP contribution in [0.1, 0.15) is 31.9 Å². The van der Waals surface area contributed by atoms with E-state index in [1.165, 1.54) is 5.56 Å². The zero-order valence-electron chi connectivity index (χ0n) is 17.2. The fourth-order valence-corrected chi connectivity index (χ4v) is 4.56. The van der Waals surface area contributed by atoms with E-state index in [0.717, 1.165) is 12.0 Å². The fraction of sp³-hybridized carbons (Fsp3) is 0.409. The molecule has 1 atom stereocenters. The summed E-state index contributed by atoms with van der Waals surface area (Å²) in [6.45, 7) is 5.40. The van der Waals surface area contributed by atoms with Crippen LogP contribution in [0, 0.1) is 0 Å². The topological polar surface area (TPSA) is 71.1 Å². The number of rotatable bonds is 12. The van der Waals surface area contributed by atoms with Crippen LogP contribution in [0.4, 0.5) is 0 Å². The average molecular weight is 420 g/mol. The highest BCUT2D eigenvalue weighted by Gasteiger charge is 2.43. The Bertz CT molecular complexity index is 781. The predicted molar refractivity (Wildman–Crippen MR) is 112 cm³/mol. The van der Waals surface area contributed by atoms with Crippen LogP contribution >= 0.6 is 7.60 Å². The standard InChI is InChI=1S/C22H29O6P/c1-4-25-22(23)21(29(24,27-5-2)28-6-3)17-26-20-14-12-19(13-15-20)16-18-10-8-7-9-11-18/h7-15,21H,4-6,16-17H2,1-3H3. The lowest BCUT2D eigenvalue weighted by molar-refractivity contribution is -0.143.